The van der Waals surface area contributed by atoms with Crippen molar-refractivity contribution in [3.05, 3.63) is 18.1 Å². The van der Waals surface area contributed by atoms with Crippen molar-refractivity contribution in [2.45, 2.75) is 25.9 Å². The van der Waals surface area contributed by atoms with Crippen LogP contribution in [0.1, 0.15) is 30.1 Å². The molecule has 2 rings (SSSR count). The normalized spacial score (nSPS) is 20.5. The topological polar surface area (TPSA) is 75.6 Å². The third-order valence-electron chi connectivity index (χ3n) is 3.03. The molecule has 1 unspecified atom stereocenters. The standard InChI is InChI=1S/C12H17N3O3/c1-2-9-7-15(4-3-5-18-9)11-10(12(16)17)6-13-8-14-11/h6,8-9H,2-5,7H2,1H3,(H,16,17). The van der Waals surface area contributed by atoms with Crippen LogP contribution in [0.4, 0.5) is 5.82 Å². The van der Waals surface area contributed by atoms with Crippen molar-refractivity contribution < 1.29 is 14.6 Å². The SMILES string of the molecule is CCC1CN(c2ncncc2C(=O)O)CCCO1. The van der Waals surface area contributed by atoms with Crippen LogP contribution in [-0.4, -0.2) is 46.8 Å². The second kappa shape index (κ2) is 5.77. The van der Waals surface area contributed by atoms with Crippen LogP contribution in [0.3, 0.4) is 0 Å². The Morgan fingerprint density at radius 2 is 2.50 bits per heavy atom. The van der Waals surface area contributed by atoms with Crippen molar-refractivity contribution in [3.8, 4) is 0 Å². The van der Waals surface area contributed by atoms with Crippen LogP contribution in [-0.2, 0) is 4.74 Å². The van der Waals surface area contributed by atoms with Gasteiger partial charge in [0.15, 0.2) is 0 Å². The van der Waals surface area contributed by atoms with E-state index in [0.29, 0.717) is 19.0 Å². The van der Waals surface area contributed by atoms with E-state index in [1.165, 1.54) is 12.5 Å². The first-order chi connectivity index (χ1) is 8.72. The molecule has 98 valence electrons. The van der Waals surface area contributed by atoms with Gasteiger partial charge in [0, 0.05) is 25.9 Å². The van der Waals surface area contributed by atoms with Crippen molar-refractivity contribution in [1.82, 2.24) is 9.97 Å². The van der Waals surface area contributed by atoms with Gasteiger partial charge < -0.3 is 14.7 Å². The molecule has 0 saturated carbocycles. The molecule has 1 aliphatic rings. The minimum Gasteiger partial charge on any atom is -0.477 e. The maximum absolute atomic E-state index is 11.2. The highest BCUT2D eigenvalue weighted by Gasteiger charge is 2.22. The fourth-order valence-electron chi connectivity index (χ4n) is 2.06. The lowest BCUT2D eigenvalue weighted by Crippen LogP contribution is -2.33. The first-order valence-electron chi connectivity index (χ1n) is 6.12. The van der Waals surface area contributed by atoms with E-state index in [1.807, 2.05) is 4.90 Å². The van der Waals surface area contributed by atoms with E-state index in [1.54, 1.807) is 0 Å². The molecule has 6 heteroatoms. The van der Waals surface area contributed by atoms with Gasteiger partial charge in [-0.05, 0) is 12.8 Å². The average Bonchev–Trinajstić information content (AvgIpc) is 2.64. The van der Waals surface area contributed by atoms with Crippen LogP contribution in [0.25, 0.3) is 0 Å². The Bertz CT molecular complexity index is 425. The molecule has 0 aromatic carbocycles. The van der Waals surface area contributed by atoms with Crippen molar-refractivity contribution in [2.24, 2.45) is 0 Å². The van der Waals surface area contributed by atoms with Gasteiger partial charge in [-0.15, -0.1) is 0 Å². The molecule has 18 heavy (non-hydrogen) atoms. The number of anilines is 1. The lowest BCUT2D eigenvalue weighted by Gasteiger charge is -2.25. The van der Waals surface area contributed by atoms with Gasteiger partial charge >= 0.3 is 5.97 Å². The highest BCUT2D eigenvalue weighted by Crippen LogP contribution is 2.20. The first kappa shape index (κ1) is 12.8. The molecule has 1 saturated heterocycles. The smallest absolute Gasteiger partial charge is 0.341 e. The predicted molar refractivity (Wildman–Crippen MR) is 65.9 cm³/mol. The number of carboxylic acids is 1. The Hall–Kier alpha value is -1.69. The van der Waals surface area contributed by atoms with E-state index >= 15 is 0 Å². The van der Waals surface area contributed by atoms with Crippen molar-refractivity contribution in [2.75, 3.05) is 24.6 Å². The summed E-state index contributed by atoms with van der Waals surface area (Å²) in [6, 6.07) is 0. The predicted octanol–water partition coefficient (Wildman–Crippen LogP) is 1.18. The van der Waals surface area contributed by atoms with Crippen molar-refractivity contribution in [3.63, 3.8) is 0 Å². The molecule has 0 radical (unpaired) electrons. The quantitative estimate of drug-likeness (QED) is 0.869. The lowest BCUT2D eigenvalue weighted by atomic mass is 10.2. The fourth-order valence-corrected chi connectivity index (χ4v) is 2.06. The minimum atomic E-state index is -0.996. The van der Waals surface area contributed by atoms with Crippen LogP contribution in [0.2, 0.25) is 0 Å². The Morgan fingerprint density at radius 3 is 3.22 bits per heavy atom. The van der Waals surface area contributed by atoms with Crippen LogP contribution >= 0.6 is 0 Å². The van der Waals surface area contributed by atoms with Crippen LogP contribution < -0.4 is 4.90 Å². The fraction of sp³-hybridized carbons (Fsp3) is 0.583. The summed E-state index contributed by atoms with van der Waals surface area (Å²) in [7, 11) is 0. The summed E-state index contributed by atoms with van der Waals surface area (Å²) >= 11 is 0. The summed E-state index contributed by atoms with van der Waals surface area (Å²) < 4.78 is 5.67. The molecule has 6 nitrogen and oxygen atoms in total. The molecular weight excluding hydrogens is 234 g/mol. The Balaban J connectivity index is 2.26. The van der Waals surface area contributed by atoms with Crippen molar-refractivity contribution in [1.29, 1.82) is 0 Å². The zero-order valence-electron chi connectivity index (χ0n) is 10.4. The number of hydrogen-bond donors (Lipinski definition) is 1. The number of carboxylic acid groups (broad SMARTS) is 1. The molecule has 0 amide bonds. The summed E-state index contributed by atoms with van der Waals surface area (Å²) in [5.41, 5.74) is 0.147. The summed E-state index contributed by atoms with van der Waals surface area (Å²) in [5.74, 6) is -0.509. The number of aromatic nitrogens is 2. The van der Waals surface area contributed by atoms with Gasteiger partial charge in [0.1, 0.15) is 17.7 Å². The molecule has 0 spiro atoms. The first-order valence-corrected chi connectivity index (χ1v) is 6.12. The van der Waals surface area contributed by atoms with Gasteiger partial charge in [0.05, 0.1) is 6.10 Å². The number of nitrogens with zero attached hydrogens (tertiary/aromatic N) is 3. The molecule has 0 bridgehead atoms. The molecular formula is C12H17N3O3. The molecule has 1 fully saturated rings. The minimum absolute atomic E-state index is 0.129. The highest BCUT2D eigenvalue weighted by atomic mass is 16.5. The number of ether oxygens (including phenoxy) is 1. The van der Waals surface area contributed by atoms with Gasteiger partial charge in [0.25, 0.3) is 0 Å². The lowest BCUT2D eigenvalue weighted by molar-refractivity contribution is 0.0659. The summed E-state index contributed by atoms with van der Waals surface area (Å²) in [6.07, 6.45) is 4.64. The van der Waals surface area contributed by atoms with E-state index in [2.05, 4.69) is 16.9 Å². The van der Waals surface area contributed by atoms with Crippen LogP contribution in [0.15, 0.2) is 12.5 Å². The highest BCUT2D eigenvalue weighted by molar-refractivity contribution is 5.92. The van der Waals surface area contributed by atoms with E-state index in [4.69, 9.17) is 9.84 Å². The maximum atomic E-state index is 11.2. The molecule has 1 aliphatic heterocycles. The second-order valence-corrected chi connectivity index (χ2v) is 4.27. The Kier molecular flexibility index (Phi) is 4.09. The third-order valence-corrected chi connectivity index (χ3v) is 3.03. The maximum Gasteiger partial charge on any atom is 0.341 e. The van der Waals surface area contributed by atoms with E-state index in [9.17, 15) is 4.79 Å². The van der Waals surface area contributed by atoms with Gasteiger partial charge in [-0.2, -0.15) is 0 Å². The summed E-state index contributed by atoms with van der Waals surface area (Å²) in [6.45, 7) is 4.20. The monoisotopic (exact) mass is 251 g/mol. The van der Waals surface area contributed by atoms with Gasteiger partial charge in [-0.25, -0.2) is 14.8 Å². The van der Waals surface area contributed by atoms with Crippen LogP contribution in [0.5, 0.6) is 0 Å². The Morgan fingerprint density at radius 1 is 1.67 bits per heavy atom. The molecule has 1 aromatic heterocycles. The van der Waals surface area contributed by atoms with Gasteiger partial charge in [0.2, 0.25) is 0 Å². The molecule has 1 atom stereocenters. The van der Waals surface area contributed by atoms with Gasteiger partial charge in [-0.3, -0.25) is 0 Å². The van der Waals surface area contributed by atoms with E-state index < -0.39 is 5.97 Å². The average molecular weight is 251 g/mol. The van der Waals surface area contributed by atoms with E-state index in [0.717, 1.165) is 19.4 Å². The van der Waals surface area contributed by atoms with Gasteiger partial charge in [-0.1, -0.05) is 6.92 Å². The number of hydrogen-bond acceptors (Lipinski definition) is 5. The van der Waals surface area contributed by atoms with Crippen LogP contribution in [0, 0.1) is 0 Å². The van der Waals surface area contributed by atoms with E-state index in [-0.39, 0.29) is 11.7 Å². The largest absolute Gasteiger partial charge is 0.477 e. The second-order valence-electron chi connectivity index (χ2n) is 4.27. The number of aromatic carboxylic acids is 1. The molecule has 1 N–H and O–H groups in total. The summed E-state index contributed by atoms with van der Waals surface area (Å²) in [4.78, 5) is 21.0. The molecule has 0 aliphatic carbocycles. The zero-order valence-corrected chi connectivity index (χ0v) is 10.4. The Labute approximate surface area is 106 Å². The molecule has 1 aromatic rings. The number of rotatable bonds is 3. The third kappa shape index (κ3) is 2.76. The summed E-state index contributed by atoms with van der Waals surface area (Å²) in [5, 5.41) is 9.15. The van der Waals surface area contributed by atoms with Crippen molar-refractivity contribution >= 4 is 11.8 Å². The number of carbonyl (C=O) groups is 1. The zero-order chi connectivity index (χ0) is 13.0. The molecule has 2 heterocycles.